The number of carbonyl (C=O) groups is 1. The van der Waals surface area contributed by atoms with Gasteiger partial charge in [0.1, 0.15) is 17.4 Å². The van der Waals surface area contributed by atoms with Gasteiger partial charge in [-0.25, -0.2) is 4.98 Å². The zero-order valence-electron chi connectivity index (χ0n) is 14.0. The number of oxazole rings is 1. The smallest absolute Gasteiger partial charge is 0.238 e. The highest BCUT2D eigenvalue weighted by Crippen LogP contribution is 2.34. The number of aromatic nitrogens is 1. The summed E-state index contributed by atoms with van der Waals surface area (Å²) in [5.41, 5.74) is 5.10. The molecular formula is C20H19ClN2O2. The zero-order chi connectivity index (χ0) is 17.4. The number of alkyl halides is 1. The molecule has 1 fully saturated rings. The number of benzene rings is 2. The Hall–Kier alpha value is -2.33. The number of amides is 1. The predicted octanol–water partition coefficient (Wildman–Crippen LogP) is 4.71. The summed E-state index contributed by atoms with van der Waals surface area (Å²) >= 11 is 5.72. The van der Waals surface area contributed by atoms with Crippen LogP contribution in [0, 0.1) is 6.92 Å². The van der Waals surface area contributed by atoms with Crippen molar-refractivity contribution >= 4 is 28.6 Å². The highest BCUT2D eigenvalue weighted by atomic mass is 35.5. The van der Waals surface area contributed by atoms with Crippen molar-refractivity contribution in [2.75, 3.05) is 12.4 Å². The first-order valence-corrected chi connectivity index (χ1v) is 9.03. The second-order valence-corrected chi connectivity index (χ2v) is 6.70. The molecule has 1 aromatic heterocycles. The van der Waals surface area contributed by atoms with Gasteiger partial charge in [0.05, 0.1) is 0 Å². The molecule has 1 saturated heterocycles. The summed E-state index contributed by atoms with van der Waals surface area (Å²) in [5, 5.41) is 0. The molecule has 0 saturated carbocycles. The van der Waals surface area contributed by atoms with Crippen LogP contribution in [0.4, 0.5) is 0 Å². The molecule has 0 bridgehead atoms. The van der Waals surface area contributed by atoms with Crippen LogP contribution >= 0.6 is 11.6 Å². The van der Waals surface area contributed by atoms with E-state index in [1.165, 1.54) is 11.1 Å². The number of aryl methyl sites for hydroxylation is 1. The first-order valence-electron chi connectivity index (χ1n) is 8.49. The van der Waals surface area contributed by atoms with E-state index in [1.807, 2.05) is 24.3 Å². The van der Waals surface area contributed by atoms with Crippen molar-refractivity contribution in [1.82, 2.24) is 9.88 Å². The quantitative estimate of drug-likeness (QED) is 0.640. The number of hydrogen-bond donors (Lipinski definition) is 0. The minimum absolute atomic E-state index is 0.00579. The number of likely N-dealkylation sites (tertiary alicyclic amines) is 1. The fourth-order valence-electron chi connectivity index (χ4n) is 3.55. The maximum Gasteiger partial charge on any atom is 0.238 e. The van der Waals surface area contributed by atoms with Crippen LogP contribution in [-0.4, -0.2) is 28.2 Å². The monoisotopic (exact) mass is 354 g/mol. The highest BCUT2D eigenvalue weighted by molar-refractivity contribution is 6.27. The minimum Gasteiger partial charge on any atom is -0.438 e. The molecule has 1 amide bonds. The fourth-order valence-corrected chi connectivity index (χ4v) is 3.70. The van der Waals surface area contributed by atoms with E-state index >= 15 is 0 Å². The van der Waals surface area contributed by atoms with Gasteiger partial charge >= 0.3 is 0 Å². The Bertz CT molecular complexity index is 934. The second kappa shape index (κ2) is 6.52. The molecule has 2 aromatic carbocycles. The summed E-state index contributed by atoms with van der Waals surface area (Å²) in [4.78, 5) is 18.5. The maximum absolute atomic E-state index is 12.0. The van der Waals surface area contributed by atoms with Gasteiger partial charge < -0.3 is 9.32 Å². The largest absolute Gasteiger partial charge is 0.438 e. The molecule has 2 heterocycles. The van der Waals surface area contributed by atoms with E-state index in [0.29, 0.717) is 12.4 Å². The summed E-state index contributed by atoms with van der Waals surface area (Å²) in [7, 11) is 0. The molecule has 3 aromatic rings. The number of nitrogens with zero attached hydrogens (tertiary/aromatic N) is 2. The Kier molecular flexibility index (Phi) is 4.22. The molecule has 128 valence electrons. The van der Waals surface area contributed by atoms with Crippen LogP contribution in [-0.2, 0) is 4.79 Å². The van der Waals surface area contributed by atoms with Crippen molar-refractivity contribution < 1.29 is 9.21 Å². The van der Waals surface area contributed by atoms with Crippen molar-refractivity contribution in [1.29, 1.82) is 0 Å². The molecule has 1 unspecified atom stereocenters. The predicted molar refractivity (Wildman–Crippen MR) is 98.6 cm³/mol. The molecule has 1 aliphatic heterocycles. The SMILES string of the molecule is Cc1ccccc1-c1ccc2oc(C3CCCN3C(=O)CCl)nc2c1. The average Bonchev–Trinajstić information content (AvgIpc) is 3.27. The van der Waals surface area contributed by atoms with Gasteiger partial charge in [0.15, 0.2) is 5.58 Å². The van der Waals surface area contributed by atoms with E-state index < -0.39 is 0 Å². The molecule has 5 heteroatoms. The summed E-state index contributed by atoms with van der Waals surface area (Å²) in [6, 6.07) is 14.2. The maximum atomic E-state index is 12.0. The van der Waals surface area contributed by atoms with Gasteiger partial charge in [0.2, 0.25) is 11.8 Å². The van der Waals surface area contributed by atoms with Gasteiger partial charge in [-0.3, -0.25) is 4.79 Å². The summed E-state index contributed by atoms with van der Waals surface area (Å²) in [6.07, 6.45) is 1.81. The van der Waals surface area contributed by atoms with Crippen LogP contribution in [0.5, 0.6) is 0 Å². The normalized spacial score (nSPS) is 17.4. The third-order valence-corrected chi connectivity index (χ3v) is 5.06. The van der Waals surface area contributed by atoms with E-state index in [9.17, 15) is 4.79 Å². The van der Waals surface area contributed by atoms with Gasteiger partial charge in [-0.2, -0.15) is 0 Å². The van der Waals surface area contributed by atoms with E-state index in [2.05, 4.69) is 30.1 Å². The Morgan fingerprint density at radius 2 is 2.16 bits per heavy atom. The Morgan fingerprint density at radius 3 is 2.96 bits per heavy atom. The molecule has 25 heavy (non-hydrogen) atoms. The van der Waals surface area contributed by atoms with Crippen LogP contribution in [0.15, 0.2) is 46.9 Å². The van der Waals surface area contributed by atoms with E-state index in [0.717, 1.165) is 29.5 Å². The Balaban J connectivity index is 1.71. The lowest BCUT2D eigenvalue weighted by atomic mass is 10.0. The van der Waals surface area contributed by atoms with Crippen molar-refractivity contribution in [3.8, 4) is 11.1 Å². The zero-order valence-corrected chi connectivity index (χ0v) is 14.8. The Labute approximate surface area is 151 Å². The fraction of sp³-hybridized carbons (Fsp3) is 0.300. The molecule has 1 atom stereocenters. The molecule has 0 radical (unpaired) electrons. The summed E-state index contributed by atoms with van der Waals surface area (Å²) < 4.78 is 5.95. The van der Waals surface area contributed by atoms with E-state index in [1.54, 1.807) is 4.90 Å². The molecular weight excluding hydrogens is 336 g/mol. The van der Waals surface area contributed by atoms with Gasteiger partial charge in [-0.15, -0.1) is 11.6 Å². The number of hydrogen-bond acceptors (Lipinski definition) is 3. The first kappa shape index (κ1) is 16.2. The molecule has 0 spiro atoms. The number of halogens is 1. The van der Waals surface area contributed by atoms with Crippen molar-refractivity contribution in [2.24, 2.45) is 0 Å². The van der Waals surface area contributed by atoms with Crippen LogP contribution in [0.3, 0.4) is 0 Å². The second-order valence-electron chi connectivity index (χ2n) is 6.43. The van der Waals surface area contributed by atoms with Gasteiger partial charge in [-0.05, 0) is 48.6 Å². The third-order valence-electron chi connectivity index (χ3n) is 4.83. The lowest BCUT2D eigenvalue weighted by Gasteiger charge is -2.20. The molecule has 0 N–H and O–H groups in total. The molecule has 0 aliphatic carbocycles. The summed E-state index contributed by atoms with van der Waals surface area (Å²) in [5.74, 6) is 0.536. The molecule has 4 nitrogen and oxygen atoms in total. The van der Waals surface area contributed by atoms with E-state index in [4.69, 9.17) is 16.0 Å². The van der Waals surface area contributed by atoms with Crippen LogP contribution in [0.1, 0.15) is 30.3 Å². The van der Waals surface area contributed by atoms with Crippen molar-refractivity contribution in [3.63, 3.8) is 0 Å². The molecule has 4 rings (SSSR count). The van der Waals surface area contributed by atoms with Crippen molar-refractivity contribution in [3.05, 3.63) is 53.9 Å². The standard InChI is InChI=1S/C20H19ClN2O2/c1-13-5-2-3-6-15(13)14-8-9-18-16(11-14)22-20(25-18)17-7-4-10-23(17)19(24)12-21/h2-3,5-6,8-9,11,17H,4,7,10,12H2,1H3. The summed E-state index contributed by atoms with van der Waals surface area (Å²) in [6.45, 7) is 2.81. The third kappa shape index (κ3) is 2.91. The lowest BCUT2D eigenvalue weighted by Crippen LogP contribution is -2.31. The Morgan fingerprint density at radius 1 is 1.32 bits per heavy atom. The number of carbonyl (C=O) groups excluding carboxylic acids is 1. The number of fused-ring (bicyclic) bond motifs is 1. The lowest BCUT2D eigenvalue weighted by molar-refractivity contribution is -0.129. The van der Waals surface area contributed by atoms with Crippen LogP contribution in [0.2, 0.25) is 0 Å². The highest BCUT2D eigenvalue weighted by Gasteiger charge is 2.33. The average molecular weight is 355 g/mol. The van der Waals surface area contributed by atoms with Gasteiger partial charge in [-0.1, -0.05) is 30.3 Å². The van der Waals surface area contributed by atoms with Crippen LogP contribution in [0.25, 0.3) is 22.2 Å². The topological polar surface area (TPSA) is 46.3 Å². The van der Waals surface area contributed by atoms with Gasteiger partial charge in [0, 0.05) is 6.54 Å². The first-order chi connectivity index (χ1) is 12.2. The minimum atomic E-state index is -0.111. The van der Waals surface area contributed by atoms with E-state index in [-0.39, 0.29) is 17.8 Å². The van der Waals surface area contributed by atoms with Crippen molar-refractivity contribution in [2.45, 2.75) is 25.8 Å². The van der Waals surface area contributed by atoms with Gasteiger partial charge in [0.25, 0.3) is 0 Å². The van der Waals surface area contributed by atoms with Crippen LogP contribution < -0.4 is 0 Å². The molecule has 1 aliphatic rings. The number of rotatable bonds is 3.